The molecule has 0 saturated heterocycles. The number of nitrogens with one attached hydrogen (secondary N) is 1. The molecule has 2 rings (SSSR count). The lowest BCUT2D eigenvalue weighted by Gasteiger charge is -2.06. The van der Waals surface area contributed by atoms with Crippen LogP contribution >= 0.6 is 23.2 Å². The first-order chi connectivity index (χ1) is 8.88. The van der Waals surface area contributed by atoms with E-state index in [1.54, 1.807) is 6.92 Å². The molecule has 0 bridgehead atoms. The first-order valence-electron chi connectivity index (χ1n) is 5.11. The highest BCUT2D eigenvalue weighted by Gasteiger charge is 2.19. The van der Waals surface area contributed by atoms with Gasteiger partial charge in [0, 0.05) is 0 Å². The Morgan fingerprint density at radius 1 is 1.37 bits per heavy atom. The van der Waals surface area contributed by atoms with E-state index in [1.165, 1.54) is 18.3 Å². The van der Waals surface area contributed by atoms with E-state index < -0.39 is 10.0 Å². The maximum absolute atomic E-state index is 12.0. The Morgan fingerprint density at radius 3 is 2.68 bits per heavy atom. The topological polar surface area (TPSA) is 85.1 Å². The van der Waals surface area contributed by atoms with E-state index in [9.17, 15) is 8.42 Å². The molecule has 0 aliphatic carbocycles. The molecule has 0 aliphatic rings. The van der Waals surface area contributed by atoms with Gasteiger partial charge in [-0.1, -0.05) is 23.2 Å². The molecule has 0 radical (unpaired) electrons. The molecule has 2 aromatic rings. The number of hydrogen-bond acceptors (Lipinski definition) is 5. The largest absolute Gasteiger partial charge is 0.445 e. The Labute approximate surface area is 119 Å². The van der Waals surface area contributed by atoms with E-state index >= 15 is 0 Å². The maximum atomic E-state index is 12.0. The highest BCUT2D eigenvalue weighted by atomic mass is 35.5. The molecule has 1 N–H and O–H groups in total. The summed E-state index contributed by atoms with van der Waals surface area (Å²) in [4.78, 5) is 7.41. The van der Waals surface area contributed by atoms with Crippen molar-refractivity contribution in [3.8, 4) is 0 Å². The van der Waals surface area contributed by atoms with E-state index in [1.807, 2.05) is 0 Å². The highest BCUT2D eigenvalue weighted by molar-refractivity contribution is 7.89. The van der Waals surface area contributed by atoms with Crippen LogP contribution in [0.2, 0.25) is 10.3 Å². The van der Waals surface area contributed by atoms with Crippen molar-refractivity contribution < 1.29 is 12.8 Å². The monoisotopic (exact) mass is 321 g/mol. The van der Waals surface area contributed by atoms with Gasteiger partial charge in [-0.2, -0.15) is 0 Å². The second kappa shape index (κ2) is 5.46. The molecule has 6 nitrogen and oxygen atoms in total. The Morgan fingerprint density at radius 2 is 2.11 bits per heavy atom. The first-order valence-corrected chi connectivity index (χ1v) is 7.35. The summed E-state index contributed by atoms with van der Waals surface area (Å²) in [5, 5.41) is -0.0733. The van der Waals surface area contributed by atoms with Gasteiger partial charge in [-0.25, -0.2) is 23.1 Å². The molecule has 0 spiro atoms. The van der Waals surface area contributed by atoms with Crippen molar-refractivity contribution >= 4 is 33.2 Å². The van der Waals surface area contributed by atoms with Gasteiger partial charge in [0.25, 0.3) is 0 Å². The normalized spacial score (nSPS) is 11.7. The third-order valence-electron chi connectivity index (χ3n) is 2.15. The number of rotatable bonds is 4. The van der Waals surface area contributed by atoms with Gasteiger partial charge in [-0.05, 0) is 19.1 Å². The van der Waals surface area contributed by atoms with Crippen molar-refractivity contribution in [2.45, 2.75) is 18.4 Å². The Kier molecular flexibility index (Phi) is 4.10. The highest BCUT2D eigenvalue weighted by Crippen LogP contribution is 2.21. The molecule has 102 valence electrons. The minimum Gasteiger partial charge on any atom is -0.445 e. The average Bonchev–Trinajstić information content (AvgIpc) is 2.72. The predicted octanol–water partition coefficient (Wildman–Crippen LogP) is 2.16. The van der Waals surface area contributed by atoms with Crippen LogP contribution in [0.4, 0.5) is 0 Å². The van der Waals surface area contributed by atoms with E-state index in [4.69, 9.17) is 27.6 Å². The summed E-state index contributed by atoms with van der Waals surface area (Å²) in [6, 6.07) is 2.62. The van der Waals surface area contributed by atoms with E-state index in [0.29, 0.717) is 5.76 Å². The third-order valence-corrected chi connectivity index (χ3v) is 4.20. The SMILES string of the molecule is Cc1cnc(CNS(=O)(=O)c2ccc(Cl)nc2Cl)o1. The van der Waals surface area contributed by atoms with Gasteiger partial charge in [-0.3, -0.25) is 0 Å². The van der Waals surface area contributed by atoms with E-state index in [-0.39, 0.29) is 27.6 Å². The smallest absolute Gasteiger partial charge is 0.244 e. The van der Waals surface area contributed by atoms with Crippen LogP contribution in [0.15, 0.2) is 27.6 Å². The fraction of sp³-hybridized carbons (Fsp3) is 0.200. The van der Waals surface area contributed by atoms with Crippen LogP contribution < -0.4 is 4.72 Å². The molecule has 9 heteroatoms. The zero-order valence-electron chi connectivity index (χ0n) is 9.72. The number of pyridine rings is 1. The minimum absolute atomic E-state index is 0.0743. The van der Waals surface area contributed by atoms with Crippen molar-refractivity contribution in [3.63, 3.8) is 0 Å². The molecule has 0 aliphatic heterocycles. The minimum atomic E-state index is -3.80. The number of aromatic nitrogens is 2. The van der Waals surface area contributed by atoms with Crippen molar-refractivity contribution in [3.05, 3.63) is 40.3 Å². The van der Waals surface area contributed by atoms with Crippen LogP contribution in [0.5, 0.6) is 0 Å². The molecule has 0 saturated carbocycles. The molecular formula is C10H9Cl2N3O3S. The summed E-state index contributed by atoms with van der Waals surface area (Å²) in [5.74, 6) is 0.861. The Bertz CT molecular complexity index is 700. The summed E-state index contributed by atoms with van der Waals surface area (Å²) >= 11 is 11.4. The summed E-state index contributed by atoms with van der Waals surface area (Å²) in [6.07, 6.45) is 1.50. The second-order valence-corrected chi connectivity index (χ2v) is 6.09. The van der Waals surface area contributed by atoms with Gasteiger partial charge < -0.3 is 4.42 Å². The van der Waals surface area contributed by atoms with Gasteiger partial charge in [0.2, 0.25) is 15.9 Å². The van der Waals surface area contributed by atoms with Crippen molar-refractivity contribution in [1.82, 2.24) is 14.7 Å². The molecule has 2 aromatic heterocycles. The summed E-state index contributed by atoms with van der Waals surface area (Å²) in [7, 11) is -3.80. The number of aryl methyl sites for hydroxylation is 1. The number of nitrogens with zero attached hydrogens (tertiary/aromatic N) is 2. The lowest BCUT2D eigenvalue weighted by molar-refractivity contribution is 0.463. The Balaban J connectivity index is 2.18. The fourth-order valence-corrected chi connectivity index (χ4v) is 2.95. The van der Waals surface area contributed by atoms with Crippen LogP contribution in [0, 0.1) is 6.92 Å². The summed E-state index contributed by atoms with van der Waals surface area (Å²) in [6.45, 7) is 1.64. The van der Waals surface area contributed by atoms with Crippen molar-refractivity contribution in [2.75, 3.05) is 0 Å². The van der Waals surface area contributed by atoms with Gasteiger partial charge >= 0.3 is 0 Å². The number of oxazole rings is 1. The molecule has 0 unspecified atom stereocenters. The van der Waals surface area contributed by atoms with Gasteiger partial charge in [-0.15, -0.1) is 0 Å². The molecule has 0 aromatic carbocycles. The van der Waals surface area contributed by atoms with Crippen LogP contribution in [-0.2, 0) is 16.6 Å². The fourth-order valence-electron chi connectivity index (χ4n) is 1.32. The maximum Gasteiger partial charge on any atom is 0.244 e. The van der Waals surface area contributed by atoms with Crippen molar-refractivity contribution in [2.24, 2.45) is 0 Å². The lowest BCUT2D eigenvalue weighted by atomic mass is 10.5. The predicted molar refractivity (Wildman–Crippen MR) is 69.5 cm³/mol. The van der Waals surface area contributed by atoms with Crippen LogP contribution in [0.1, 0.15) is 11.7 Å². The van der Waals surface area contributed by atoms with Gasteiger partial charge in [0.1, 0.15) is 15.8 Å². The molecule has 2 heterocycles. The number of hydrogen-bond donors (Lipinski definition) is 1. The van der Waals surface area contributed by atoms with Gasteiger partial charge in [0.15, 0.2) is 5.15 Å². The standard InChI is InChI=1S/C10H9Cl2N3O3S/c1-6-4-13-9(18-6)5-14-19(16,17)7-2-3-8(11)15-10(7)12/h2-4,14H,5H2,1H3. The molecular weight excluding hydrogens is 313 g/mol. The summed E-state index contributed by atoms with van der Waals surface area (Å²) in [5.41, 5.74) is 0. The number of halogens is 2. The van der Waals surface area contributed by atoms with Crippen LogP contribution in [-0.4, -0.2) is 18.4 Å². The third kappa shape index (κ3) is 3.44. The quantitative estimate of drug-likeness (QED) is 0.872. The zero-order valence-corrected chi connectivity index (χ0v) is 12.1. The van der Waals surface area contributed by atoms with Crippen LogP contribution in [0.3, 0.4) is 0 Å². The first kappa shape index (κ1) is 14.3. The van der Waals surface area contributed by atoms with Crippen molar-refractivity contribution in [1.29, 1.82) is 0 Å². The average molecular weight is 322 g/mol. The van der Waals surface area contributed by atoms with E-state index in [0.717, 1.165) is 0 Å². The number of sulfonamides is 1. The second-order valence-electron chi connectivity index (χ2n) is 3.61. The lowest BCUT2D eigenvalue weighted by Crippen LogP contribution is -2.23. The zero-order chi connectivity index (χ0) is 14.0. The Hall–Kier alpha value is -1.15. The molecule has 19 heavy (non-hydrogen) atoms. The van der Waals surface area contributed by atoms with Crippen LogP contribution in [0.25, 0.3) is 0 Å². The molecule has 0 amide bonds. The molecule has 0 atom stereocenters. The molecule has 0 fully saturated rings. The van der Waals surface area contributed by atoms with Gasteiger partial charge in [0.05, 0.1) is 12.7 Å². The summed E-state index contributed by atoms with van der Waals surface area (Å²) < 4.78 is 31.5. The van der Waals surface area contributed by atoms with E-state index in [2.05, 4.69) is 14.7 Å².